The van der Waals surface area contributed by atoms with Gasteiger partial charge in [-0.25, -0.2) is 0 Å². The van der Waals surface area contributed by atoms with Crippen LogP contribution in [0, 0.1) is 11.3 Å². The van der Waals surface area contributed by atoms with Crippen LogP contribution < -0.4 is 5.32 Å². The molecule has 0 saturated carbocycles. The van der Waals surface area contributed by atoms with Crippen LogP contribution in [-0.4, -0.2) is 11.7 Å². The van der Waals surface area contributed by atoms with Gasteiger partial charge in [-0.15, -0.1) is 11.8 Å². The molecule has 0 unspecified atom stereocenters. The second-order valence-corrected chi connectivity index (χ2v) is 5.75. The van der Waals surface area contributed by atoms with E-state index in [9.17, 15) is 4.79 Å². The highest BCUT2D eigenvalue weighted by Gasteiger charge is 2.07. The van der Waals surface area contributed by atoms with Crippen LogP contribution in [0.1, 0.15) is 11.1 Å². The molecule has 2 aromatic carbocycles. The first kappa shape index (κ1) is 15.4. The largest absolute Gasteiger partial charge is 0.324 e. The van der Waals surface area contributed by atoms with E-state index in [1.165, 1.54) is 17.3 Å². The third-order valence-electron chi connectivity index (χ3n) is 2.72. The zero-order chi connectivity index (χ0) is 15.1. The number of hydrogen-bond donors (Lipinski definition) is 1. The number of amides is 1. The van der Waals surface area contributed by atoms with Gasteiger partial charge in [0, 0.05) is 10.8 Å². The highest BCUT2D eigenvalue weighted by atomic mass is 35.5. The molecule has 3 nitrogen and oxygen atoms in total. The molecule has 0 heterocycles. The first-order valence-corrected chi connectivity index (χ1v) is 7.83. The topological polar surface area (TPSA) is 52.9 Å². The molecule has 1 amide bonds. The molecule has 5 heteroatoms. The van der Waals surface area contributed by atoms with Gasteiger partial charge in [0.05, 0.1) is 17.0 Å². The number of benzene rings is 2. The van der Waals surface area contributed by atoms with E-state index in [1.54, 1.807) is 18.2 Å². The number of carbonyl (C=O) groups is 1. The van der Waals surface area contributed by atoms with Crippen molar-refractivity contribution in [3.05, 3.63) is 64.7 Å². The van der Waals surface area contributed by atoms with E-state index in [4.69, 9.17) is 16.9 Å². The van der Waals surface area contributed by atoms with Gasteiger partial charge in [0.25, 0.3) is 0 Å². The number of nitriles is 1. The Hall–Kier alpha value is -1.96. The molecular formula is C16H13ClN2OS. The summed E-state index contributed by atoms with van der Waals surface area (Å²) in [4.78, 5) is 11.9. The average molecular weight is 317 g/mol. The fourth-order valence-electron chi connectivity index (χ4n) is 1.74. The van der Waals surface area contributed by atoms with Crippen molar-refractivity contribution in [3.8, 4) is 6.07 Å². The Morgan fingerprint density at radius 2 is 2.00 bits per heavy atom. The molecule has 106 valence electrons. The van der Waals surface area contributed by atoms with Crippen LogP contribution >= 0.6 is 23.4 Å². The first-order chi connectivity index (χ1) is 10.2. The lowest BCUT2D eigenvalue weighted by molar-refractivity contribution is -0.113. The smallest absolute Gasteiger partial charge is 0.234 e. The van der Waals surface area contributed by atoms with Gasteiger partial charge in [-0.05, 0) is 23.8 Å². The van der Waals surface area contributed by atoms with Crippen LogP contribution in [-0.2, 0) is 10.5 Å². The molecule has 2 aromatic rings. The van der Waals surface area contributed by atoms with E-state index in [-0.39, 0.29) is 5.91 Å². The SMILES string of the molecule is N#Cc1ccc(Cl)cc1NC(=O)CSCc1ccccc1. The molecule has 0 aliphatic rings. The minimum atomic E-state index is -0.144. The second-order valence-electron chi connectivity index (χ2n) is 4.33. The number of nitrogens with zero attached hydrogens (tertiary/aromatic N) is 1. The van der Waals surface area contributed by atoms with Crippen molar-refractivity contribution >= 4 is 35.0 Å². The van der Waals surface area contributed by atoms with Crippen molar-refractivity contribution < 1.29 is 4.79 Å². The summed E-state index contributed by atoms with van der Waals surface area (Å²) in [6, 6.07) is 16.8. The molecule has 0 radical (unpaired) electrons. The highest BCUT2D eigenvalue weighted by Crippen LogP contribution is 2.21. The van der Waals surface area contributed by atoms with Crippen molar-refractivity contribution in [2.24, 2.45) is 0 Å². The van der Waals surface area contributed by atoms with Gasteiger partial charge in [0.15, 0.2) is 0 Å². The second kappa shape index (κ2) is 7.72. The van der Waals surface area contributed by atoms with Gasteiger partial charge in [-0.1, -0.05) is 41.9 Å². The van der Waals surface area contributed by atoms with Gasteiger partial charge in [-0.3, -0.25) is 4.79 Å². The lowest BCUT2D eigenvalue weighted by Crippen LogP contribution is -2.15. The maximum absolute atomic E-state index is 11.9. The van der Waals surface area contributed by atoms with Crippen molar-refractivity contribution in [3.63, 3.8) is 0 Å². The van der Waals surface area contributed by atoms with Crippen LogP contribution in [0.4, 0.5) is 5.69 Å². The van der Waals surface area contributed by atoms with Crippen LogP contribution in [0.2, 0.25) is 5.02 Å². The fourth-order valence-corrected chi connectivity index (χ4v) is 2.70. The molecule has 0 saturated heterocycles. The van der Waals surface area contributed by atoms with Gasteiger partial charge >= 0.3 is 0 Å². The number of anilines is 1. The Bertz CT molecular complexity index is 668. The third-order valence-corrected chi connectivity index (χ3v) is 3.96. The molecule has 0 aromatic heterocycles. The fraction of sp³-hybridized carbons (Fsp3) is 0.125. The Labute approximate surface area is 132 Å². The lowest BCUT2D eigenvalue weighted by Gasteiger charge is -2.07. The number of halogens is 1. The van der Waals surface area contributed by atoms with E-state index >= 15 is 0 Å². The molecule has 0 spiro atoms. The third kappa shape index (κ3) is 4.82. The molecule has 0 atom stereocenters. The predicted octanol–water partition coefficient (Wildman–Crippen LogP) is 4.08. The van der Waals surface area contributed by atoms with Crippen molar-refractivity contribution in [2.75, 3.05) is 11.1 Å². The quantitative estimate of drug-likeness (QED) is 0.904. The average Bonchev–Trinajstić information content (AvgIpc) is 2.48. The molecule has 1 N–H and O–H groups in total. The minimum Gasteiger partial charge on any atom is -0.324 e. The number of nitrogens with one attached hydrogen (secondary N) is 1. The van der Waals surface area contributed by atoms with Gasteiger partial charge in [0.1, 0.15) is 6.07 Å². The summed E-state index contributed by atoms with van der Waals surface area (Å²) >= 11 is 7.40. The molecule has 2 rings (SSSR count). The zero-order valence-electron chi connectivity index (χ0n) is 11.2. The first-order valence-electron chi connectivity index (χ1n) is 6.30. The summed E-state index contributed by atoms with van der Waals surface area (Å²) in [7, 11) is 0. The molecular weight excluding hydrogens is 304 g/mol. The van der Waals surface area contributed by atoms with E-state index in [0.29, 0.717) is 22.0 Å². The van der Waals surface area contributed by atoms with Gasteiger partial charge in [-0.2, -0.15) is 5.26 Å². The highest BCUT2D eigenvalue weighted by molar-refractivity contribution is 7.99. The number of hydrogen-bond acceptors (Lipinski definition) is 3. The van der Waals surface area contributed by atoms with Crippen LogP contribution in [0.15, 0.2) is 48.5 Å². The maximum atomic E-state index is 11.9. The standard InChI is InChI=1S/C16H13ClN2OS/c17-14-7-6-13(9-18)15(8-14)19-16(20)11-21-10-12-4-2-1-3-5-12/h1-8H,10-11H2,(H,19,20). The van der Waals surface area contributed by atoms with E-state index < -0.39 is 0 Å². The maximum Gasteiger partial charge on any atom is 0.234 e. The summed E-state index contributed by atoms with van der Waals surface area (Å²) in [5.74, 6) is 0.955. The van der Waals surface area contributed by atoms with Crippen molar-refractivity contribution in [2.45, 2.75) is 5.75 Å². The Kier molecular flexibility index (Phi) is 5.68. The van der Waals surface area contributed by atoms with Crippen LogP contribution in [0.5, 0.6) is 0 Å². The zero-order valence-corrected chi connectivity index (χ0v) is 12.7. The molecule has 21 heavy (non-hydrogen) atoms. The number of carbonyl (C=O) groups excluding carboxylic acids is 1. The van der Waals surface area contributed by atoms with Gasteiger partial charge in [0.2, 0.25) is 5.91 Å². The Morgan fingerprint density at radius 1 is 1.24 bits per heavy atom. The van der Waals surface area contributed by atoms with E-state index in [2.05, 4.69) is 5.32 Å². The van der Waals surface area contributed by atoms with Crippen LogP contribution in [0.25, 0.3) is 0 Å². The normalized spacial score (nSPS) is 9.90. The van der Waals surface area contributed by atoms with Crippen molar-refractivity contribution in [1.82, 2.24) is 0 Å². The minimum absolute atomic E-state index is 0.144. The number of thioether (sulfide) groups is 1. The monoisotopic (exact) mass is 316 g/mol. The summed E-state index contributed by atoms with van der Waals surface area (Å²) in [5.41, 5.74) is 2.03. The molecule has 0 fully saturated rings. The Balaban J connectivity index is 1.88. The van der Waals surface area contributed by atoms with Crippen LogP contribution in [0.3, 0.4) is 0 Å². The summed E-state index contributed by atoms with van der Waals surface area (Å²) in [6.45, 7) is 0. The predicted molar refractivity (Wildman–Crippen MR) is 87.4 cm³/mol. The number of rotatable bonds is 5. The van der Waals surface area contributed by atoms with E-state index in [1.807, 2.05) is 36.4 Å². The summed E-state index contributed by atoms with van der Waals surface area (Å²) in [6.07, 6.45) is 0. The molecule has 0 aliphatic heterocycles. The van der Waals surface area contributed by atoms with Gasteiger partial charge < -0.3 is 5.32 Å². The van der Waals surface area contributed by atoms with E-state index in [0.717, 1.165) is 5.75 Å². The molecule has 0 aliphatic carbocycles. The summed E-state index contributed by atoms with van der Waals surface area (Å²) < 4.78 is 0. The molecule has 0 bridgehead atoms. The lowest BCUT2D eigenvalue weighted by atomic mass is 10.2. The van der Waals surface area contributed by atoms with Crippen molar-refractivity contribution in [1.29, 1.82) is 5.26 Å². The Morgan fingerprint density at radius 3 is 2.71 bits per heavy atom. The summed E-state index contributed by atoms with van der Waals surface area (Å²) in [5, 5.41) is 12.2.